The lowest BCUT2D eigenvalue weighted by Gasteiger charge is -2.13. The van der Waals surface area contributed by atoms with Crippen LogP contribution in [0.25, 0.3) is 44.7 Å². The average molecular weight is 486 g/mol. The number of benzene rings is 4. The van der Waals surface area contributed by atoms with Crippen molar-refractivity contribution in [1.29, 1.82) is 0 Å². The lowest BCUT2D eigenvalue weighted by Crippen LogP contribution is -2.36. The smallest absolute Gasteiger partial charge is 0.300 e. The number of furan rings is 1. The number of aryl methyl sites for hydroxylation is 3. The summed E-state index contributed by atoms with van der Waals surface area (Å²) in [5, 5.41) is 2.30. The number of imidazole rings is 1. The summed E-state index contributed by atoms with van der Waals surface area (Å²) in [6.45, 7) is 13.5. The normalized spacial score (nSPS) is 11.8. The molecule has 0 amide bonds. The van der Waals surface area contributed by atoms with Crippen molar-refractivity contribution in [2.24, 2.45) is 0 Å². The SMILES string of the molecule is Cc1cc2oc3ccccc3c2cc1-[n+]1c(C)c(C(C)C)n(-c2ccccc2)c1-c1c(C)cccc1C. The van der Waals surface area contributed by atoms with Gasteiger partial charge in [-0.3, -0.25) is 0 Å². The van der Waals surface area contributed by atoms with Gasteiger partial charge in [-0.05, 0) is 62.2 Å². The molecule has 0 saturated heterocycles. The van der Waals surface area contributed by atoms with Crippen molar-refractivity contribution in [1.82, 2.24) is 4.57 Å². The number of hydrogen-bond donors (Lipinski definition) is 0. The zero-order valence-electron chi connectivity index (χ0n) is 22.5. The van der Waals surface area contributed by atoms with Gasteiger partial charge >= 0.3 is 0 Å². The number of aromatic nitrogens is 2. The van der Waals surface area contributed by atoms with Crippen molar-refractivity contribution in [3.63, 3.8) is 0 Å². The van der Waals surface area contributed by atoms with Crippen LogP contribution in [-0.4, -0.2) is 4.57 Å². The Labute approximate surface area is 218 Å². The maximum Gasteiger partial charge on any atom is 0.300 e. The van der Waals surface area contributed by atoms with E-state index in [2.05, 4.69) is 123 Å². The van der Waals surface area contributed by atoms with Crippen molar-refractivity contribution < 1.29 is 8.98 Å². The molecule has 3 nitrogen and oxygen atoms in total. The highest BCUT2D eigenvalue weighted by Gasteiger charge is 2.35. The summed E-state index contributed by atoms with van der Waals surface area (Å²) in [6.07, 6.45) is 0. The summed E-state index contributed by atoms with van der Waals surface area (Å²) in [6, 6.07) is 30.2. The van der Waals surface area contributed by atoms with Crippen molar-refractivity contribution >= 4 is 21.9 Å². The molecule has 184 valence electrons. The number of nitrogens with zero attached hydrogens (tertiary/aromatic N) is 2. The third kappa shape index (κ3) is 3.61. The topological polar surface area (TPSA) is 21.9 Å². The Morgan fingerprint density at radius 2 is 1.35 bits per heavy atom. The van der Waals surface area contributed by atoms with Gasteiger partial charge in [-0.15, -0.1) is 0 Å². The molecule has 2 heterocycles. The van der Waals surface area contributed by atoms with Crippen LogP contribution in [0.1, 0.15) is 47.8 Å². The Balaban J connectivity index is 1.80. The van der Waals surface area contributed by atoms with Gasteiger partial charge in [-0.25, -0.2) is 0 Å². The highest BCUT2D eigenvalue weighted by Crippen LogP contribution is 2.36. The van der Waals surface area contributed by atoms with Gasteiger partial charge in [-0.1, -0.05) is 68.4 Å². The predicted molar refractivity (Wildman–Crippen MR) is 153 cm³/mol. The Kier molecular flexibility index (Phi) is 5.52. The molecule has 0 fully saturated rings. The maximum atomic E-state index is 6.23. The van der Waals surface area contributed by atoms with Gasteiger partial charge in [0.25, 0.3) is 5.82 Å². The van der Waals surface area contributed by atoms with Gasteiger partial charge in [0.05, 0.1) is 5.56 Å². The summed E-state index contributed by atoms with van der Waals surface area (Å²) in [7, 11) is 0. The van der Waals surface area contributed by atoms with Crippen molar-refractivity contribution in [2.45, 2.75) is 47.5 Å². The first-order chi connectivity index (χ1) is 17.9. The van der Waals surface area contributed by atoms with E-state index in [-0.39, 0.29) is 0 Å². The van der Waals surface area contributed by atoms with Crippen LogP contribution in [0.3, 0.4) is 0 Å². The number of fused-ring (bicyclic) bond motifs is 3. The van der Waals surface area contributed by atoms with E-state index in [0.29, 0.717) is 5.92 Å². The largest absolute Gasteiger partial charge is 0.456 e. The second-order valence-corrected chi connectivity index (χ2v) is 10.5. The van der Waals surface area contributed by atoms with E-state index in [1.807, 2.05) is 12.1 Å². The summed E-state index contributed by atoms with van der Waals surface area (Å²) >= 11 is 0. The Morgan fingerprint density at radius 3 is 2.05 bits per heavy atom. The van der Waals surface area contributed by atoms with E-state index in [9.17, 15) is 0 Å². The maximum absolute atomic E-state index is 6.23. The van der Waals surface area contributed by atoms with Gasteiger partial charge in [0.2, 0.25) is 0 Å². The third-order valence-corrected chi connectivity index (χ3v) is 7.57. The van der Waals surface area contributed by atoms with Crippen molar-refractivity contribution in [2.75, 3.05) is 0 Å². The number of para-hydroxylation sites is 2. The van der Waals surface area contributed by atoms with Gasteiger partial charge in [-0.2, -0.15) is 9.13 Å². The molecule has 0 N–H and O–H groups in total. The van der Waals surface area contributed by atoms with E-state index in [1.165, 1.54) is 50.8 Å². The van der Waals surface area contributed by atoms with E-state index >= 15 is 0 Å². The Morgan fingerprint density at radius 1 is 0.676 bits per heavy atom. The molecule has 0 aliphatic rings. The molecule has 0 aliphatic carbocycles. The zero-order valence-corrected chi connectivity index (χ0v) is 22.5. The van der Waals surface area contributed by atoms with Gasteiger partial charge < -0.3 is 4.42 Å². The Hall–Kier alpha value is -4.11. The van der Waals surface area contributed by atoms with Gasteiger partial charge in [0, 0.05) is 29.2 Å². The van der Waals surface area contributed by atoms with Crippen LogP contribution >= 0.6 is 0 Å². The molecule has 3 heteroatoms. The molecule has 0 spiro atoms. The fourth-order valence-corrected chi connectivity index (χ4v) is 5.95. The highest BCUT2D eigenvalue weighted by molar-refractivity contribution is 6.05. The summed E-state index contributed by atoms with van der Waals surface area (Å²) in [5.74, 6) is 1.53. The molecule has 0 aliphatic heterocycles. The van der Waals surface area contributed by atoms with Crippen LogP contribution < -0.4 is 4.57 Å². The van der Waals surface area contributed by atoms with E-state index in [0.717, 1.165) is 21.9 Å². The predicted octanol–water partition coefficient (Wildman–Crippen LogP) is 8.68. The molecule has 6 rings (SSSR count). The summed E-state index contributed by atoms with van der Waals surface area (Å²) < 4.78 is 11.2. The highest BCUT2D eigenvalue weighted by atomic mass is 16.3. The average Bonchev–Trinajstić information content (AvgIpc) is 3.38. The molecule has 6 aromatic rings. The number of hydrogen-bond acceptors (Lipinski definition) is 1. The number of rotatable bonds is 4. The second kappa shape index (κ2) is 8.77. The minimum absolute atomic E-state index is 0.336. The molecule has 2 aromatic heterocycles. The van der Waals surface area contributed by atoms with E-state index < -0.39 is 0 Å². The molecule has 0 saturated carbocycles. The second-order valence-electron chi connectivity index (χ2n) is 10.5. The standard InChI is InChI=1S/C34H33N2O/c1-21(2)33-25(6)35(29-20-28-27-17-10-11-18-30(27)37-31(28)19-24(29)5)34(32-22(3)13-12-14-23(32)4)36(33)26-15-8-7-9-16-26/h7-21H,1-6H3/q+1. The minimum atomic E-state index is 0.336. The lowest BCUT2D eigenvalue weighted by molar-refractivity contribution is -0.590. The van der Waals surface area contributed by atoms with Crippen molar-refractivity contribution in [3.05, 3.63) is 113 Å². The lowest BCUT2D eigenvalue weighted by atomic mass is 10.0. The first kappa shape index (κ1) is 23.3. The zero-order chi connectivity index (χ0) is 25.8. The summed E-state index contributed by atoms with van der Waals surface area (Å²) in [5.41, 5.74) is 11.8. The van der Waals surface area contributed by atoms with Crippen LogP contribution in [0.15, 0.2) is 89.3 Å². The minimum Gasteiger partial charge on any atom is -0.456 e. The molecule has 4 aromatic carbocycles. The van der Waals surface area contributed by atoms with E-state index in [1.54, 1.807) is 0 Å². The van der Waals surface area contributed by atoms with Gasteiger partial charge in [0.1, 0.15) is 28.2 Å². The molecule has 0 atom stereocenters. The molecule has 0 unspecified atom stereocenters. The monoisotopic (exact) mass is 485 g/mol. The quantitative estimate of drug-likeness (QED) is 0.229. The van der Waals surface area contributed by atoms with E-state index in [4.69, 9.17) is 4.42 Å². The molecule has 0 bridgehead atoms. The fraction of sp³-hybridized carbons (Fsp3) is 0.206. The third-order valence-electron chi connectivity index (χ3n) is 7.57. The molecular weight excluding hydrogens is 452 g/mol. The van der Waals surface area contributed by atoms with Crippen LogP contribution in [-0.2, 0) is 0 Å². The van der Waals surface area contributed by atoms with Crippen LogP contribution in [0.4, 0.5) is 0 Å². The Bertz CT molecular complexity index is 1760. The van der Waals surface area contributed by atoms with Crippen LogP contribution in [0.2, 0.25) is 0 Å². The summed E-state index contributed by atoms with van der Waals surface area (Å²) in [4.78, 5) is 0. The van der Waals surface area contributed by atoms with Gasteiger partial charge in [0.15, 0.2) is 5.69 Å². The first-order valence-electron chi connectivity index (χ1n) is 13.1. The van der Waals surface area contributed by atoms with Crippen LogP contribution in [0, 0.1) is 27.7 Å². The first-order valence-corrected chi connectivity index (χ1v) is 13.1. The molecular formula is C34H33N2O+. The molecule has 0 radical (unpaired) electrons. The van der Waals surface area contributed by atoms with Crippen molar-refractivity contribution in [3.8, 4) is 22.8 Å². The fourth-order valence-electron chi connectivity index (χ4n) is 5.95. The molecule has 37 heavy (non-hydrogen) atoms. The van der Waals surface area contributed by atoms with Crippen LogP contribution in [0.5, 0.6) is 0 Å².